The van der Waals surface area contributed by atoms with Gasteiger partial charge in [0.25, 0.3) is 0 Å². The summed E-state index contributed by atoms with van der Waals surface area (Å²) in [5, 5.41) is 3.11. The second-order valence-electron chi connectivity index (χ2n) is 11.6. The van der Waals surface area contributed by atoms with Gasteiger partial charge in [0.2, 0.25) is 5.91 Å². The predicted molar refractivity (Wildman–Crippen MR) is 139 cm³/mol. The third kappa shape index (κ3) is 8.63. The number of alkyl halides is 6. The highest BCUT2D eigenvalue weighted by atomic mass is 19.4. The molecule has 1 N–H and O–H groups in total. The van der Waals surface area contributed by atoms with E-state index in [2.05, 4.69) is 20.1 Å². The van der Waals surface area contributed by atoms with Crippen LogP contribution in [0.1, 0.15) is 64.2 Å². The van der Waals surface area contributed by atoms with Gasteiger partial charge in [0, 0.05) is 53.9 Å². The highest BCUT2D eigenvalue weighted by Gasteiger charge is 2.51. The maximum atomic E-state index is 13.9. The van der Waals surface area contributed by atoms with Crippen LogP contribution in [0.2, 0.25) is 0 Å². The molecule has 39 heavy (non-hydrogen) atoms. The maximum Gasteiger partial charge on any atom is 0.391 e. The lowest BCUT2D eigenvalue weighted by molar-refractivity contribution is -0.229. The molecule has 0 aromatic heterocycles. The quantitative estimate of drug-likeness (QED) is 0.273. The summed E-state index contributed by atoms with van der Waals surface area (Å²) >= 11 is 0. The number of hydrogen-bond donors (Lipinski definition) is 1. The number of hydrogen-bond acceptors (Lipinski definition) is 3. The minimum Gasteiger partial charge on any atom is -0.359 e. The zero-order chi connectivity index (χ0) is 28.8. The van der Waals surface area contributed by atoms with E-state index in [-0.39, 0.29) is 43.7 Å². The Hall–Kier alpha value is -1.72. The number of nitrogens with one attached hydrogen (secondary N) is 1. The van der Waals surface area contributed by atoms with E-state index < -0.39 is 36.5 Å². The molecule has 3 rings (SSSR count). The SMILES string of the molecule is CN=C(NC)N1CCCN(C(C(=O)N(C)CCC2CC(C(F)(F)F)CC(C(F)(F)F)C2)C2CCCCC2)CC1. The Labute approximate surface area is 228 Å². The molecule has 2 saturated carbocycles. The Kier molecular flexibility index (Phi) is 11.2. The Morgan fingerprint density at radius 2 is 1.54 bits per heavy atom. The smallest absolute Gasteiger partial charge is 0.359 e. The van der Waals surface area contributed by atoms with Crippen molar-refractivity contribution in [3.8, 4) is 0 Å². The monoisotopic (exact) mass is 569 g/mol. The number of halogens is 6. The summed E-state index contributed by atoms with van der Waals surface area (Å²) in [6.45, 7) is 3.13. The molecular formula is C27H45F6N5O. The molecule has 1 aliphatic heterocycles. The Morgan fingerprint density at radius 3 is 2.08 bits per heavy atom. The molecule has 0 radical (unpaired) electrons. The molecule has 0 aromatic rings. The first kappa shape index (κ1) is 31.8. The zero-order valence-electron chi connectivity index (χ0n) is 23.5. The molecule has 0 spiro atoms. The van der Waals surface area contributed by atoms with Crippen LogP contribution in [0.4, 0.5) is 26.3 Å². The van der Waals surface area contributed by atoms with Gasteiger partial charge in [-0.15, -0.1) is 0 Å². The summed E-state index contributed by atoms with van der Waals surface area (Å²) < 4.78 is 80.5. The van der Waals surface area contributed by atoms with E-state index in [1.807, 2.05) is 7.05 Å². The number of aliphatic imine (C=N–C) groups is 1. The van der Waals surface area contributed by atoms with Crippen molar-refractivity contribution < 1.29 is 31.1 Å². The third-order valence-corrected chi connectivity index (χ3v) is 8.99. The fraction of sp³-hybridized carbons (Fsp3) is 0.926. The van der Waals surface area contributed by atoms with Gasteiger partial charge in [-0.05, 0) is 56.8 Å². The van der Waals surface area contributed by atoms with E-state index in [0.29, 0.717) is 13.1 Å². The second kappa shape index (κ2) is 13.8. The van der Waals surface area contributed by atoms with Crippen LogP contribution in [-0.4, -0.2) is 98.8 Å². The van der Waals surface area contributed by atoms with Gasteiger partial charge in [0.1, 0.15) is 0 Å². The number of nitrogens with zero attached hydrogens (tertiary/aromatic N) is 4. The van der Waals surface area contributed by atoms with Crippen LogP contribution in [0.3, 0.4) is 0 Å². The highest BCUT2D eigenvalue weighted by Crippen LogP contribution is 2.48. The Balaban J connectivity index is 1.69. The lowest BCUT2D eigenvalue weighted by Gasteiger charge is -2.40. The molecule has 3 fully saturated rings. The standard InChI is InChI=1S/C27H45F6N5O/c1-34-25(35-2)38-12-7-11-37(14-15-38)23(20-8-5-4-6-9-20)24(39)36(3)13-10-19-16-21(26(28,29)30)18-22(17-19)27(31,32)33/h19-23H,4-18H2,1-3H3,(H,34,35). The van der Waals surface area contributed by atoms with Crippen LogP contribution >= 0.6 is 0 Å². The topological polar surface area (TPSA) is 51.2 Å². The summed E-state index contributed by atoms with van der Waals surface area (Å²) in [6, 6.07) is -0.330. The minimum atomic E-state index is -4.65. The van der Waals surface area contributed by atoms with E-state index in [0.717, 1.165) is 57.6 Å². The Morgan fingerprint density at radius 1 is 0.923 bits per heavy atom. The van der Waals surface area contributed by atoms with Crippen molar-refractivity contribution in [3.63, 3.8) is 0 Å². The van der Waals surface area contributed by atoms with Gasteiger partial charge >= 0.3 is 12.4 Å². The molecule has 226 valence electrons. The first-order valence-corrected chi connectivity index (χ1v) is 14.4. The maximum absolute atomic E-state index is 13.9. The molecule has 12 heteroatoms. The van der Waals surface area contributed by atoms with Crippen LogP contribution in [0.15, 0.2) is 4.99 Å². The van der Waals surface area contributed by atoms with Crippen molar-refractivity contribution in [2.24, 2.45) is 28.7 Å². The van der Waals surface area contributed by atoms with E-state index in [1.54, 1.807) is 19.0 Å². The largest absolute Gasteiger partial charge is 0.391 e. The van der Waals surface area contributed by atoms with Crippen LogP contribution in [0.25, 0.3) is 0 Å². The third-order valence-electron chi connectivity index (χ3n) is 8.99. The zero-order valence-corrected chi connectivity index (χ0v) is 23.5. The predicted octanol–water partition coefficient (Wildman–Crippen LogP) is 5.15. The second-order valence-corrected chi connectivity index (χ2v) is 11.6. The van der Waals surface area contributed by atoms with Crippen molar-refractivity contribution in [1.29, 1.82) is 0 Å². The summed E-state index contributed by atoms with van der Waals surface area (Å²) in [4.78, 5) is 24.2. The van der Waals surface area contributed by atoms with Gasteiger partial charge in [0.15, 0.2) is 5.96 Å². The first-order chi connectivity index (χ1) is 18.3. The van der Waals surface area contributed by atoms with E-state index >= 15 is 0 Å². The van der Waals surface area contributed by atoms with Gasteiger partial charge < -0.3 is 15.1 Å². The van der Waals surface area contributed by atoms with E-state index in [9.17, 15) is 31.1 Å². The van der Waals surface area contributed by atoms with Crippen molar-refractivity contribution in [3.05, 3.63) is 0 Å². The van der Waals surface area contributed by atoms with E-state index in [1.165, 1.54) is 0 Å². The lowest BCUT2D eigenvalue weighted by Crippen LogP contribution is -2.53. The van der Waals surface area contributed by atoms with Crippen molar-refractivity contribution in [2.75, 3.05) is 53.9 Å². The molecule has 1 amide bonds. The molecule has 1 heterocycles. The van der Waals surface area contributed by atoms with Crippen LogP contribution < -0.4 is 5.32 Å². The van der Waals surface area contributed by atoms with Gasteiger partial charge in [-0.2, -0.15) is 26.3 Å². The summed E-state index contributed by atoms with van der Waals surface area (Å²) in [7, 11) is 5.21. The van der Waals surface area contributed by atoms with Gasteiger partial charge in [-0.1, -0.05) is 19.3 Å². The molecule has 3 aliphatic rings. The van der Waals surface area contributed by atoms with Crippen LogP contribution in [0, 0.1) is 23.7 Å². The summed E-state index contributed by atoms with van der Waals surface area (Å²) in [5.74, 6) is -3.69. The molecule has 6 nitrogen and oxygen atoms in total. The first-order valence-electron chi connectivity index (χ1n) is 14.4. The molecule has 2 aliphatic carbocycles. The lowest BCUT2D eigenvalue weighted by atomic mass is 9.73. The van der Waals surface area contributed by atoms with Crippen molar-refractivity contribution >= 4 is 11.9 Å². The fourth-order valence-corrected chi connectivity index (χ4v) is 6.86. The van der Waals surface area contributed by atoms with Gasteiger partial charge in [-0.3, -0.25) is 14.7 Å². The number of carbonyl (C=O) groups excluding carboxylic acids is 1. The van der Waals surface area contributed by atoms with Crippen LogP contribution in [-0.2, 0) is 4.79 Å². The number of guanidine groups is 1. The average Bonchev–Trinajstić information content (AvgIpc) is 3.14. The number of amides is 1. The minimum absolute atomic E-state index is 0.0658. The highest BCUT2D eigenvalue weighted by molar-refractivity contribution is 5.82. The number of carbonyl (C=O) groups is 1. The molecule has 1 saturated heterocycles. The van der Waals surface area contributed by atoms with Crippen LogP contribution in [0.5, 0.6) is 0 Å². The van der Waals surface area contributed by atoms with Gasteiger partial charge in [0.05, 0.1) is 17.9 Å². The molecular weight excluding hydrogens is 524 g/mol. The summed E-state index contributed by atoms with van der Waals surface area (Å²) in [6.07, 6.45) is -4.64. The normalized spacial score (nSPS) is 27.7. The number of likely N-dealkylation sites (N-methyl/N-ethyl adjacent to an activating group) is 1. The van der Waals surface area contributed by atoms with Gasteiger partial charge in [-0.25, -0.2) is 0 Å². The fourth-order valence-electron chi connectivity index (χ4n) is 6.86. The molecule has 3 atom stereocenters. The van der Waals surface area contributed by atoms with Crippen molar-refractivity contribution in [1.82, 2.24) is 20.0 Å². The van der Waals surface area contributed by atoms with E-state index in [4.69, 9.17) is 0 Å². The molecule has 0 aromatic carbocycles. The Bertz CT molecular complexity index is 791. The van der Waals surface area contributed by atoms with Crippen molar-refractivity contribution in [2.45, 2.75) is 82.6 Å². The average molecular weight is 570 g/mol. The molecule has 0 bridgehead atoms. The number of rotatable bonds is 6. The molecule has 3 unspecified atom stereocenters. The summed E-state index contributed by atoms with van der Waals surface area (Å²) in [5.41, 5.74) is 0.